The first-order valence-corrected chi connectivity index (χ1v) is 3.81. The predicted molar refractivity (Wildman–Crippen MR) is 44.9 cm³/mol. The number of amides is 1. The van der Waals surface area contributed by atoms with E-state index in [2.05, 4.69) is 5.32 Å². The van der Waals surface area contributed by atoms with Gasteiger partial charge >= 0.3 is 11.9 Å². The molecule has 0 rings (SSSR count). The number of hydrogen-bond donors (Lipinski definition) is 1. The maximum Gasteiger partial charge on any atom is 0.397 e. The maximum atomic E-state index is 10.9. The second kappa shape index (κ2) is 4.59. The van der Waals surface area contributed by atoms with E-state index in [-0.39, 0.29) is 6.54 Å². The summed E-state index contributed by atoms with van der Waals surface area (Å²) in [6.07, 6.45) is 0.488. The second-order valence-corrected chi connectivity index (χ2v) is 3.38. The molecule has 13 heavy (non-hydrogen) atoms. The summed E-state index contributed by atoms with van der Waals surface area (Å²) in [5, 5.41) is 2.07. The lowest BCUT2D eigenvalue weighted by molar-refractivity contribution is -0.163. The van der Waals surface area contributed by atoms with Gasteiger partial charge in [0.25, 0.3) is 0 Å². The molecule has 0 aromatic heterocycles. The zero-order valence-corrected chi connectivity index (χ0v) is 7.92. The molecule has 0 aliphatic rings. The Morgan fingerprint density at radius 3 is 2.31 bits per heavy atom. The summed E-state index contributed by atoms with van der Waals surface area (Å²) >= 11 is 0. The highest BCUT2D eigenvalue weighted by molar-refractivity contribution is 6.32. The van der Waals surface area contributed by atoms with Gasteiger partial charge in [-0.25, -0.2) is 4.79 Å². The molecule has 1 amide bonds. The van der Waals surface area contributed by atoms with Gasteiger partial charge in [-0.1, -0.05) is 0 Å². The largest absolute Gasteiger partial charge is 0.453 e. The number of hydrogen-bond acceptors (Lipinski definition) is 4. The molecule has 0 aromatic carbocycles. The van der Waals surface area contributed by atoms with Crippen molar-refractivity contribution >= 4 is 18.2 Å². The number of nitrogens with one attached hydrogen (secondary N) is 1. The maximum absolute atomic E-state index is 10.9. The zero-order chi connectivity index (χ0) is 10.5. The van der Waals surface area contributed by atoms with Crippen LogP contribution in [0.3, 0.4) is 0 Å². The lowest BCUT2D eigenvalue weighted by atomic mass is 10.2. The van der Waals surface area contributed by atoms with Crippen LogP contribution in [0.25, 0.3) is 0 Å². The number of carbonyl (C=O) groups excluding carboxylic acids is 3. The first kappa shape index (κ1) is 11.6. The molecular weight excluding hydrogens is 174 g/mol. The van der Waals surface area contributed by atoms with Gasteiger partial charge in [-0.05, 0) is 20.8 Å². The van der Waals surface area contributed by atoms with Gasteiger partial charge in [0.05, 0.1) is 6.54 Å². The number of rotatable bonds is 2. The van der Waals surface area contributed by atoms with Gasteiger partial charge in [-0.15, -0.1) is 0 Å². The van der Waals surface area contributed by atoms with Crippen LogP contribution in [0.15, 0.2) is 0 Å². The average molecular weight is 187 g/mol. The minimum Gasteiger partial charge on any atom is -0.453 e. The molecule has 1 N–H and O–H groups in total. The van der Waals surface area contributed by atoms with Crippen molar-refractivity contribution in [2.45, 2.75) is 26.4 Å². The van der Waals surface area contributed by atoms with Crippen molar-refractivity contribution < 1.29 is 19.1 Å². The fraction of sp³-hybridized carbons (Fsp3) is 0.625. The Hall–Kier alpha value is -1.39. The SMILES string of the molecule is CC(C)(C)OC(=O)C(=O)NCC=O. The first-order chi connectivity index (χ1) is 5.87. The number of ether oxygens (including phenoxy) is 1. The summed E-state index contributed by atoms with van der Waals surface area (Å²) < 4.78 is 4.73. The summed E-state index contributed by atoms with van der Waals surface area (Å²) in [6.45, 7) is 4.77. The van der Waals surface area contributed by atoms with E-state index in [1.165, 1.54) is 0 Å². The highest BCUT2D eigenvalue weighted by atomic mass is 16.6. The lowest BCUT2D eigenvalue weighted by Gasteiger charge is -2.18. The average Bonchev–Trinajstić information content (AvgIpc) is 1.96. The molecule has 0 aliphatic heterocycles. The Morgan fingerprint density at radius 2 is 1.92 bits per heavy atom. The number of esters is 1. The Kier molecular flexibility index (Phi) is 4.10. The van der Waals surface area contributed by atoms with Crippen LogP contribution in [0, 0.1) is 0 Å². The highest BCUT2D eigenvalue weighted by Crippen LogP contribution is 2.06. The van der Waals surface area contributed by atoms with Gasteiger partial charge in [0.2, 0.25) is 0 Å². The Balaban J connectivity index is 3.97. The fourth-order valence-electron chi connectivity index (χ4n) is 0.531. The van der Waals surface area contributed by atoms with Gasteiger partial charge in [-0.2, -0.15) is 0 Å². The van der Waals surface area contributed by atoms with Gasteiger partial charge in [0, 0.05) is 0 Å². The normalized spacial score (nSPS) is 10.4. The Morgan fingerprint density at radius 1 is 1.38 bits per heavy atom. The number of aldehydes is 1. The van der Waals surface area contributed by atoms with E-state index >= 15 is 0 Å². The van der Waals surface area contributed by atoms with Crippen molar-refractivity contribution in [3.05, 3.63) is 0 Å². The molecule has 0 aromatic rings. The molecule has 0 spiro atoms. The minimum atomic E-state index is -0.977. The van der Waals surface area contributed by atoms with Crippen LogP contribution in [-0.2, 0) is 19.1 Å². The van der Waals surface area contributed by atoms with Gasteiger partial charge < -0.3 is 14.8 Å². The predicted octanol–water partition coefficient (Wildman–Crippen LogP) is -0.357. The van der Waals surface area contributed by atoms with Crippen molar-refractivity contribution in [2.75, 3.05) is 6.54 Å². The van der Waals surface area contributed by atoms with E-state index in [1.54, 1.807) is 20.8 Å². The van der Waals surface area contributed by atoms with Crippen LogP contribution < -0.4 is 5.32 Å². The smallest absolute Gasteiger partial charge is 0.397 e. The third-order valence-electron chi connectivity index (χ3n) is 0.930. The van der Waals surface area contributed by atoms with E-state index in [4.69, 9.17) is 4.74 Å². The van der Waals surface area contributed by atoms with Crippen LogP contribution in [0.4, 0.5) is 0 Å². The molecule has 0 saturated heterocycles. The van der Waals surface area contributed by atoms with Crippen LogP contribution in [0.1, 0.15) is 20.8 Å². The van der Waals surface area contributed by atoms with E-state index in [0.29, 0.717) is 6.29 Å². The van der Waals surface area contributed by atoms with E-state index in [1.807, 2.05) is 0 Å². The molecule has 0 fully saturated rings. The van der Waals surface area contributed by atoms with E-state index < -0.39 is 17.5 Å². The first-order valence-electron chi connectivity index (χ1n) is 3.81. The van der Waals surface area contributed by atoms with Crippen LogP contribution >= 0.6 is 0 Å². The van der Waals surface area contributed by atoms with Crippen LogP contribution in [0.5, 0.6) is 0 Å². The summed E-state index contributed by atoms with van der Waals surface area (Å²) in [5.74, 6) is -1.88. The molecular formula is C8H13NO4. The van der Waals surface area contributed by atoms with Crippen molar-refractivity contribution in [1.29, 1.82) is 0 Å². The van der Waals surface area contributed by atoms with Crippen molar-refractivity contribution in [3.8, 4) is 0 Å². The Bertz CT molecular complexity index is 217. The van der Waals surface area contributed by atoms with Crippen LogP contribution in [-0.4, -0.2) is 30.3 Å². The summed E-state index contributed by atoms with van der Waals surface area (Å²) in [6, 6.07) is 0. The standard InChI is InChI=1S/C8H13NO4/c1-8(2,3)13-7(12)6(11)9-4-5-10/h5H,4H2,1-3H3,(H,9,11). The van der Waals surface area contributed by atoms with Crippen LogP contribution in [0.2, 0.25) is 0 Å². The summed E-state index contributed by atoms with van der Waals surface area (Å²) in [7, 11) is 0. The molecule has 0 saturated carbocycles. The Labute approximate surface area is 76.4 Å². The van der Waals surface area contributed by atoms with Crippen molar-refractivity contribution in [2.24, 2.45) is 0 Å². The van der Waals surface area contributed by atoms with Gasteiger partial charge in [-0.3, -0.25) is 4.79 Å². The third-order valence-corrected chi connectivity index (χ3v) is 0.930. The molecule has 0 radical (unpaired) electrons. The number of carbonyl (C=O) groups is 3. The minimum absolute atomic E-state index is 0.182. The summed E-state index contributed by atoms with van der Waals surface area (Å²) in [4.78, 5) is 31.6. The molecule has 0 heterocycles. The van der Waals surface area contributed by atoms with E-state index in [0.717, 1.165) is 0 Å². The quantitative estimate of drug-likeness (QED) is 0.364. The second-order valence-electron chi connectivity index (χ2n) is 3.38. The molecule has 5 heteroatoms. The highest BCUT2D eigenvalue weighted by Gasteiger charge is 2.21. The van der Waals surface area contributed by atoms with Gasteiger partial charge in [0.15, 0.2) is 0 Å². The molecule has 0 unspecified atom stereocenters. The third kappa shape index (κ3) is 5.84. The van der Waals surface area contributed by atoms with Crippen molar-refractivity contribution in [1.82, 2.24) is 5.32 Å². The van der Waals surface area contributed by atoms with Gasteiger partial charge in [0.1, 0.15) is 11.9 Å². The molecule has 74 valence electrons. The molecule has 0 atom stereocenters. The van der Waals surface area contributed by atoms with Crippen molar-refractivity contribution in [3.63, 3.8) is 0 Å². The monoisotopic (exact) mass is 187 g/mol. The summed E-state index contributed by atoms with van der Waals surface area (Å²) in [5.41, 5.74) is -0.699. The topological polar surface area (TPSA) is 72.5 Å². The van der Waals surface area contributed by atoms with E-state index in [9.17, 15) is 14.4 Å². The molecule has 0 aliphatic carbocycles. The molecule has 0 bridgehead atoms. The lowest BCUT2D eigenvalue weighted by Crippen LogP contribution is -2.37. The fourth-order valence-corrected chi connectivity index (χ4v) is 0.531. The molecule has 5 nitrogen and oxygen atoms in total. The zero-order valence-electron chi connectivity index (χ0n) is 7.92.